The van der Waals surface area contributed by atoms with Crippen LogP contribution in [0.5, 0.6) is 0 Å². The van der Waals surface area contributed by atoms with Crippen LogP contribution in [0.3, 0.4) is 0 Å². The SMILES string of the molecule is C[C@H](OC(=O)c1ccccc1F)C(=O)Nc1ccc(Cl)cc1C(F)(F)F. The Bertz CT molecular complexity index is 839. The number of ether oxygens (including phenoxy) is 1. The highest BCUT2D eigenvalue weighted by Gasteiger charge is 2.34. The Balaban J connectivity index is 2.13. The molecule has 0 spiro atoms. The minimum absolute atomic E-state index is 0.158. The molecule has 1 amide bonds. The lowest BCUT2D eigenvalue weighted by atomic mass is 10.1. The normalized spacial score (nSPS) is 12.4. The van der Waals surface area contributed by atoms with Gasteiger partial charge in [-0.1, -0.05) is 23.7 Å². The number of hydrogen-bond acceptors (Lipinski definition) is 3. The molecule has 0 aliphatic heterocycles. The Labute approximate surface area is 150 Å². The molecule has 0 aliphatic rings. The Morgan fingerprint density at radius 3 is 2.42 bits per heavy atom. The second kappa shape index (κ2) is 7.74. The molecule has 26 heavy (non-hydrogen) atoms. The number of halogens is 5. The number of hydrogen-bond donors (Lipinski definition) is 1. The molecule has 0 radical (unpaired) electrons. The summed E-state index contributed by atoms with van der Waals surface area (Å²) in [5.74, 6) is -2.97. The summed E-state index contributed by atoms with van der Waals surface area (Å²) in [6, 6.07) is 7.76. The quantitative estimate of drug-likeness (QED) is 0.610. The smallest absolute Gasteiger partial charge is 0.418 e. The predicted molar refractivity (Wildman–Crippen MR) is 86.4 cm³/mol. The molecule has 0 heterocycles. The molecule has 1 N–H and O–H groups in total. The molecular formula is C17H12ClF4NO3. The zero-order chi connectivity index (χ0) is 19.5. The predicted octanol–water partition coefficient (Wildman–Crippen LogP) is 4.68. The van der Waals surface area contributed by atoms with E-state index in [1.54, 1.807) is 0 Å². The maximum absolute atomic E-state index is 13.5. The lowest BCUT2D eigenvalue weighted by Crippen LogP contribution is -2.31. The summed E-state index contributed by atoms with van der Waals surface area (Å²) in [6.07, 6.45) is -6.21. The van der Waals surface area contributed by atoms with Gasteiger partial charge in [0.25, 0.3) is 5.91 Å². The van der Waals surface area contributed by atoms with Gasteiger partial charge in [0.15, 0.2) is 6.10 Å². The van der Waals surface area contributed by atoms with Crippen molar-refractivity contribution in [3.63, 3.8) is 0 Å². The molecule has 2 rings (SSSR count). The number of benzene rings is 2. The highest BCUT2D eigenvalue weighted by Crippen LogP contribution is 2.36. The highest BCUT2D eigenvalue weighted by molar-refractivity contribution is 6.30. The third-order valence-electron chi connectivity index (χ3n) is 3.29. The van der Waals surface area contributed by atoms with E-state index in [0.717, 1.165) is 25.1 Å². The van der Waals surface area contributed by atoms with Gasteiger partial charge < -0.3 is 10.1 Å². The fourth-order valence-electron chi connectivity index (χ4n) is 2.00. The van der Waals surface area contributed by atoms with Gasteiger partial charge >= 0.3 is 12.1 Å². The van der Waals surface area contributed by atoms with Crippen molar-refractivity contribution in [2.24, 2.45) is 0 Å². The van der Waals surface area contributed by atoms with Crippen LogP contribution in [0.4, 0.5) is 23.2 Å². The van der Waals surface area contributed by atoms with E-state index in [2.05, 4.69) is 0 Å². The van der Waals surface area contributed by atoms with Crippen molar-refractivity contribution >= 4 is 29.2 Å². The summed E-state index contributed by atoms with van der Waals surface area (Å²) in [5.41, 5.74) is -2.08. The first-order chi connectivity index (χ1) is 12.1. The zero-order valence-electron chi connectivity index (χ0n) is 13.2. The van der Waals surface area contributed by atoms with Gasteiger partial charge in [0.05, 0.1) is 16.8 Å². The first kappa shape index (κ1) is 19.7. The molecule has 0 bridgehead atoms. The van der Waals surface area contributed by atoms with Gasteiger partial charge in [-0.3, -0.25) is 4.79 Å². The fourth-order valence-corrected chi connectivity index (χ4v) is 2.17. The number of rotatable bonds is 4. The van der Waals surface area contributed by atoms with E-state index in [9.17, 15) is 27.2 Å². The first-order valence-electron chi connectivity index (χ1n) is 7.22. The number of carbonyl (C=O) groups is 2. The van der Waals surface area contributed by atoms with Crippen molar-refractivity contribution in [2.45, 2.75) is 19.2 Å². The molecule has 2 aromatic rings. The summed E-state index contributed by atoms with van der Waals surface area (Å²) < 4.78 is 57.4. The molecule has 9 heteroatoms. The van der Waals surface area contributed by atoms with Crippen LogP contribution in [0, 0.1) is 5.82 Å². The van der Waals surface area contributed by atoms with E-state index in [1.165, 1.54) is 18.2 Å². The molecule has 4 nitrogen and oxygen atoms in total. The number of carbonyl (C=O) groups excluding carboxylic acids is 2. The molecule has 0 saturated carbocycles. The minimum atomic E-state index is -4.75. The number of nitrogens with one attached hydrogen (secondary N) is 1. The van der Waals surface area contributed by atoms with Gasteiger partial charge in [-0.2, -0.15) is 13.2 Å². The maximum Gasteiger partial charge on any atom is 0.418 e. The van der Waals surface area contributed by atoms with Gasteiger partial charge in [-0.25, -0.2) is 9.18 Å². The summed E-state index contributed by atoms with van der Waals surface area (Å²) in [7, 11) is 0. The molecule has 1 atom stereocenters. The molecule has 138 valence electrons. The monoisotopic (exact) mass is 389 g/mol. The maximum atomic E-state index is 13.5. The van der Waals surface area contributed by atoms with Gasteiger partial charge in [0.1, 0.15) is 5.82 Å². The molecule has 0 unspecified atom stereocenters. The van der Waals surface area contributed by atoms with Crippen molar-refractivity contribution in [3.05, 3.63) is 64.4 Å². The summed E-state index contributed by atoms with van der Waals surface area (Å²) in [5, 5.41) is 1.87. The Kier molecular flexibility index (Phi) is 5.86. The summed E-state index contributed by atoms with van der Waals surface area (Å²) >= 11 is 5.56. The standard InChI is InChI=1S/C17H12ClF4NO3/c1-9(26-16(25)11-4-2-3-5-13(11)19)15(24)23-14-7-6-10(18)8-12(14)17(20,21)22/h2-9H,1H3,(H,23,24)/t9-/m0/s1. The largest absolute Gasteiger partial charge is 0.449 e. The van der Waals surface area contributed by atoms with E-state index < -0.39 is 46.8 Å². The second-order valence-corrected chi connectivity index (χ2v) is 5.64. The van der Waals surface area contributed by atoms with Crippen molar-refractivity contribution in [3.8, 4) is 0 Å². The Hall–Kier alpha value is -2.61. The molecule has 0 aromatic heterocycles. The minimum Gasteiger partial charge on any atom is -0.449 e. The van der Waals surface area contributed by atoms with Crippen molar-refractivity contribution in [1.29, 1.82) is 0 Å². The van der Waals surface area contributed by atoms with Crippen LogP contribution in [0.1, 0.15) is 22.8 Å². The van der Waals surface area contributed by atoms with E-state index in [-0.39, 0.29) is 5.02 Å². The summed E-state index contributed by atoms with van der Waals surface area (Å²) in [4.78, 5) is 23.9. The van der Waals surface area contributed by atoms with Gasteiger partial charge in [0, 0.05) is 5.02 Å². The van der Waals surface area contributed by atoms with Crippen molar-refractivity contribution in [2.75, 3.05) is 5.32 Å². The Morgan fingerprint density at radius 1 is 1.15 bits per heavy atom. The number of amides is 1. The summed E-state index contributed by atoms with van der Waals surface area (Å²) in [6.45, 7) is 1.15. The molecule has 0 aliphatic carbocycles. The molecule has 0 fully saturated rings. The van der Waals surface area contributed by atoms with E-state index >= 15 is 0 Å². The van der Waals surface area contributed by atoms with Crippen LogP contribution in [0.25, 0.3) is 0 Å². The van der Waals surface area contributed by atoms with Crippen molar-refractivity contribution in [1.82, 2.24) is 0 Å². The van der Waals surface area contributed by atoms with Gasteiger partial charge in [-0.15, -0.1) is 0 Å². The third-order valence-corrected chi connectivity index (χ3v) is 3.53. The van der Waals surface area contributed by atoms with Crippen LogP contribution in [0.2, 0.25) is 5.02 Å². The number of esters is 1. The highest BCUT2D eigenvalue weighted by atomic mass is 35.5. The number of anilines is 1. The fraction of sp³-hybridized carbons (Fsp3) is 0.176. The topological polar surface area (TPSA) is 55.4 Å². The lowest BCUT2D eigenvalue weighted by Gasteiger charge is -2.17. The molecule has 2 aromatic carbocycles. The van der Waals surface area contributed by atoms with Gasteiger partial charge in [0.2, 0.25) is 0 Å². The Morgan fingerprint density at radius 2 is 1.81 bits per heavy atom. The van der Waals surface area contributed by atoms with Crippen LogP contribution in [-0.4, -0.2) is 18.0 Å². The van der Waals surface area contributed by atoms with Gasteiger partial charge in [-0.05, 0) is 37.3 Å². The first-order valence-corrected chi connectivity index (χ1v) is 7.60. The van der Waals surface area contributed by atoms with Crippen LogP contribution in [0.15, 0.2) is 42.5 Å². The second-order valence-electron chi connectivity index (χ2n) is 5.20. The van der Waals surface area contributed by atoms with Crippen molar-refractivity contribution < 1.29 is 31.9 Å². The third kappa shape index (κ3) is 4.72. The van der Waals surface area contributed by atoms with Crippen LogP contribution < -0.4 is 5.32 Å². The molecular weight excluding hydrogens is 378 g/mol. The van der Waals surface area contributed by atoms with E-state index in [4.69, 9.17) is 16.3 Å². The average Bonchev–Trinajstić information content (AvgIpc) is 2.55. The molecule has 0 saturated heterocycles. The zero-order valence-corrected chi connectivity index (χ0v) is 14.0. The lowest BCUT2D eigenvalue weighted by molar-refractivity contribution is -0.137. The van der Waals surface area contributed by atoms with E-state index in [0.29, 0.717) is 6.07 Å². The average molecular weight is 390 g/mol. The van der Waals surface area contributed by atoms with Crippen LogP contribution >= 0.6 is 11.6 Å². The van der Waals surface area contributed by atoms with Crippen LogP contribution in [-0.2, 0) is 15.7 Å². The van der Waals surface area contributed by atoms with E-state index in [1.807, 2.05) is 5.32 Å². The number of alkyl halides is 3.